The Morgan fingerprint density at radius 3 is 1.22 bits per heavy atom. The molecule has 0 aromatic heterocycles. The molecule has 0 atom stereocenters. The van der Waals surface area contributed by atoms with Crippen LogP contribution in [-0.4, -0.2) is 23.1 Å². The van der Waals surface area contributed by atoms with Crippen LogP contribution >= 0.6 is 0 Å². The zero-order valence-electron chi connectivity index (χ0n) is 11.7. The minimum absolute atomic E-state index is 0.0917. The lowest BCUT2D eigenvalue weighted by molar-refractivity contribution is -0.152. The van der Waals surface area contributed by atoms with Crippen molar-refractivity contribution in [3.8, 4) is 0 Å². The van der Waals surface area contributed by atoms with Gasteiger partial charge in [0, 0.05) is 32.1 Å². The van der Waals surface area contributed by atoms with Crippen molar-refractivity contribution in [2.45, 2.75) is 59.8 Å². The third-order valence-electron chi connectivity index (χ3n) is 3.25. The lowest BCUT2D eigenvalue weighted by Gasteiger charge is -2.28. The quantitative estimate of drug-likeness (QED) is 0.592. The van der Waals surface area contributed by atoms with Gasteiger partial charge in [0.25, 0.3) is 0 Å². The molecule has 4 heteroatoms. The van der Waals surface area contributed by atoms with Crippen molar-refractivity contribution in [1.29, 1.82) is 0 Å². The van der Waals surface area contributed by atoms with Crippen molar-refractivity contribution in [2.24, 2.45) is 5.41 Å². The largest absolute Gasteiger partial charge is 0.300 e. The number of hydrogen-bond acceptors (Lipinski definition) is 4. The number of rotatable bonds is 9. The van der Waals surface area contributed by atoms with Crippen molar-refractivity contribution in [3.05, 3.63) is 0 Å². The van der Waals surface area contributed by atoms with E-state index in [0.29, 0.717) is 0 Å². The molecule has 0 rings (SSSR count). The van der Waals surface area contributed by atoms with E-state index in [1.807, 2.05) is 0 Å². The normalized spacial score (nSPS) is 11.1. The molecule has 18 heavy (non-hydrogen) atoms. The maximum Gasteiger partial charge on any atom is 0.154 e. The summed E-state index contributed by atoms with van der Waals surface area (Å²) in [5.74, 6) is -1.51. The first-order chi connectivity index (χ1) is 8.40. The van der Waals surface area contributed by atoms with Gasteiger partial charge < -0.3 is 0 Å². The molecule has 4 nitrogen and oxygen atoms in total. The fraction of sp³-hybridized carbons (Fsp3) is 0.714. The number of Topliss-reactive ketones (excluding diaryl/α,β-unsaturated/α-hetero) is 4. The molecule has 0 radical (unpaired) electrons. The van der Waals surface area contributed by atoms with Crippen LogP contribution in [0.5, 0.6) is 0 Å². The van der Waals surface area contributed by atoms with Crippen LogP contribution in [0.4, 0.5) is 0 Å². The van der Waals surface area contributed by atoms with Crippen LogP contribution in [0, 0.1) is 5.41 Å². The van der Waals surface area contributed by atoms with Crippen LogP contribution in [0.15, 0.2) is 0 Å². The second-order valence-electron chi connectivity index (χ2n) is 4.30. The van der Waals surface area contributed by atoms with Crippen molar-refractivity contribution in [3.63, 3.8) is 0 Å². The van der Waals surface area contributed by atoms with Crippen LogP contribution in [-0.2, 0) is 19.2 Å². The van der Waals surface area contributed by atoms with Crippen molar-refractivity contribution < 1.29 is 19.2 Å². The van der Waals surface area contributed by atoms with Gasteiger partial charge >= 0.3 is 0 Å². The van der Waals surface area contributed by atoms with E-state index in [2.05, 4.69) is 0 Å². The van der Waals surface area contributed by atoms with Crippen LogP contribution in [0.25, 0.3) is 0 Å². The van der Waals surface area contributed by atoms with Crippen molar-refractivity contribution in [1.82, 2.24) is 0 Å². The Morgan fingerprint density at radius 1 is 0.667 bits per heavy atom. The fourth-order valence-corrected chi connectivity index (χ4v) is 2.09. The summed E-state index contributed by atoms with van der Waals surface area (Å²) in [6.07, 6.45) is 0.236. The standard InChI is InChI=1S/C14H22O4/c1-5-10(15)9-14(11(16)6-2,12(17)7-3)13(18)8-4/h5-9H2,1-4H3. The summed E-state index contributed by atoms with van der Waals surface area (Å²) in [7, 11) is 0. The molecule has 0 aliphatic carbocycles. The smallest absolute Gasteiger partial charge is 0.154 e. The maximum absolute atomic E-state index is 12.1. The average Bonchev–Trinajstić information content (AvgIpc) is 2.41. The van der Waals surface area contributed by atoms with Crippen molar-refractivity contribution in [2.75, 3.05) is 0 Å². The summed E-state index contributed by atoms with van der Waals surface area (Å²) in [6, 6.07) is 0. The first kappa shape index (κ1) is 16.7. The highest BCUT2D eigenvalue weighted by Crippen LogP contribution is 2.31. The topological polar surface area (TPSA) is 68.3 Å². The zero-order chi connectivity index (χ0) is 14.3. The zero-order valence-corrected chi connectivity index (χ0v) is 11.7. The van der Waals surface area contributed by atoms with Gasteiger partial charge in [-0.3, -0.25) is 19.2 Å². The summed E-state index contributed by atoms with van der Waals surface area (Å²) in [5.41, 5.74) is -1.72. The Balaban J connectivity index is 5.69. The molecule has 0 N–H and O–H groups in total. The number of hydrogen-bond donors (Lipinski definition) is 0. The van der Waals surface area contributed by atoms with Crippen molar-refractivity contribution >= 4 is 23.1 Å². The predicted octanol–water partition coefficient (Wildman–Crippen LogP) is 2.28. The fourth-order valence-electron chi connectivity index (χ4n) is 2.09. The van der Waals surface area contributed by atoms with E-state index in [4.69, 9.17) is 0 Å². The monoisotopic (exact) mass is 254 g/mol. The minimum atomic E-state index is -1.72. The number of carbonyl (C=O) groups excluding carboxylic acids is 4. The number of ketones is 4. The van der Waals surface area contributed by atoms with Crippen LogP contribution in [0.1, 0.15) is 59.8 Å². The Kier molecular flexibility index (Phi) is 6.66. The molecule has 0 aromatic carbocycles. The molecule has 0 heterocycles. The van der Waals surface area contributed by atoms with Crippen LogP contribution in [0.2, 0.25) is 0 Å². The van der Waals surface area contributed by atoms with E-state index in [1.54, 1.807) is 27.7 Å². The number of carbonyl (C=O) groups is 4. The molecule has 0 unspecified atom stereocenters. The molecule has 0 saturated heterocycles. The van der Waals surface area contributed by atoms with Gasteiger partial charge in [-0.2, -0.15) is 0 Å². The highest BCUT2D eigenvalue weighted by atomic mass is 16.2. The second-order valence-corrected chi connectivity index (χ2v) is 4.30. The molecule has 0 spiro atoms. The van der Waals surface area contributed by atoms with E-state index in [9.17, 15) is 19.2 Å². The Labute approximate surface area is 108 Å². The molecular weight excluding hydrogens is 232 g/mol. The third-order valence-corrected chi connectivity index (χ3v) is 3.25. The van der Waals surface area contributed by atoms with Gasteiger partial charge in [0.15, 0.2) is 22.8 Å². The lowest BCUT2D eigenvalue weighted by Crippen LogP contribution is -2.47. The molecule has 0 aliphatic rings. The molecule has 0 saturated carbocycles. The molecule has 0 bridgehead atoms. The summed E-state index contributed by atoms with van der Waals surface area (Å²) in [6.45, 7) is 6.49. The van der Waals surface area contributed by atoms with Gasteiger partial charge in [-0.15, -0.1) is 0 Å². The molecule has 0 aromatic rings. The van der Waals surface area contributed by atoms with Gasteiger partial charge in [0.2, 0.25) is 0 Å². The Bertz CT molecular complexity index is 314. The van der Waals surface area contributed by atoms with E-state index in [1.165, 1.54) is 0 Å². The van der Waals surface area contributed by atoms with E-state index >= 15 is 0 Å². The van der Waals surface area contributed by atoms with Gasteiger partial charge in [-0.1, -0.05) is 27.7 Å². The average molecular weight is 254 g/mol. The summed E-state index contributed by atoms with van der Waals surface area (Å²) in [5, 5.41) is 0. The summed E-state index contributed by atoms with van der Waals surface area (Å²) < 4.78 is 0. The first-order valence-electron chi connectivity index (χ1n) is 6.52. The molecule has 102 valence electrons. The highest BCUT2D eigenvalue weighted by molar-refractivity contribution is 6.25. The minimum Gasteiger partial charge on any atom is -0.300 e. The first-order valence-corrected chi connectivity index (χ1v) is 6.52. The van der Waals surface area contributed by atoms with Crippen LogP contribution in [0.3, 0.4) is 0 Å². The van der Waals surface area contributed by atoms with Crippen LogP contribution < -0.4 is 0 Å². The molecule has 0 aliphatic heterocycles. The van der Waals surface area contributed by atoms with Gasteiger partial charge in [-0.25, -0.2) is 0 Å². The summed E-state index contributed by atoms with van der Waals surface area (Å²) >= 11 is 0. The van der Waals surface area contributed by atoms with Gasteiger partial charge in [-0.05, 0) is 0 Å². The maximum atomic E-state index is 12.1. The predicted molar refractivity (Wildman–Crippen MR) is 68.2 cm³/mol. The van der Waals surface area contributed by atoms with Gasteiger partial charge in [0.05, 0.1) is 0 Å². The summed E-state index contributed by atoms with van der Waals surface area (Å²) in [4.78, 5) is 47.9. The van der Waals surface area contributed by atoms with E-state index < -0.39 is 22.8 Å². The Hall–Kier alpha value is -1.32. The molecular formula is C14H22O4. The molecule has 0 amide bonds. The highest BCUT2D eigenvalue weighted by Gasteiger charge is 2.49. The Morgan fingerprint density at radius 2 is 1.00 bits per heavy atom. The third kappa shape index (κ3) is 3.12. The molecule has 0 fully saturated rings. The van der Waals surface area contributed by atoms with E-state index in [0.717, 1.165) is 0 Å². The lowest BCUT2D eigenvalue weighted by atomic mass is 9.69. The van der Waals surface area contributed by atoms with E-state index in [-0.39, 0.29) is 37.9 Å². The second kappa shape index (κ2) is 7.19. The van der Waals surface area contributed by atoms with Gasteiger partial charge in [0.1, 0.15) is 5.78 Å². The SMILES string of the molecule is CCC(=O)CC(C(=O)CC)(C(=O)CC)C(=O)CC.